The summed E-state index contributed by atoms with van der Waals surface area (Å²) in [5.41, 5.74) is 3.20. The highest BCUT2D eigenvalue weighted by Gasteiger charge is 2.22. The van der Waals surface area contributed by atoms with Crippen LogP contribution in [0, 0.1) is 13.8 Å². The quantitative estimate of drug-likeness (QED) is 0.452. The van der Waals surface area contributed by atoms with E-state index in [9.17, 15) is 9.59 Å². The van der Waals surface area contributed by atoms with E-state index in [4.69, 9.17) is 9.47 Å². The minimum atomic E-state index is -0.880. The first-order valence-electron chi connectivity index (χ1n) is 9.39. The number of hydrogen-bond donors (Lipinski definition) is 1. The minimum absolute atomic E-state index is 0.349. The van der Waals surface area contributed by atoms with Crippen molar-refractivity contribution >= 4 is 33.4 Å². The summed E-state index contributed by atoms with van der Waals surface area (Å²) in [6.45, 7) is 6.92. The average Bonchev–Trinajstić information content (AvgIpc) is 3.25. The van der Waals surface area contributed by atoms with Crippen molar-refractivity contribution in [3.8, 4) is 0 Å². The lowest BCUT2D eigenvalue weighted by molar-refractivity contribution is -0.129. The first-order chi connectivity index (χ1) is 13.9. The monoisotopic (exact) mass is 415 g/mol. The fourth-order valence-corrected chi connectivity index (χ4v) is 3.92. The van der Waals surface area contributed by atoms with Crippen molar-refractivity contribution < 1.29 is 19.1 Å². The number of carbonyl (C=O) groups excluding carboxylic acids is 2. The normalized spacial score (nSPS) is 12.1. The predicted octanol–water partition coefficient (Wildman–Crippen LogP) is 3.07. The van der Waals surface area contributed by atoms with Gasteiger partial charge in [-0.2, -0.15) is 5.10 Å². The van der Waals surface area contributed by atoms with Gasteiger partial charge in [-0.25, -0.2) is 4.79 Å². The molecule has 1 aromatic carbocycles. The molecule has 0 fully saturated rings. The molecule has 0 aliphatic rings. The highest BCUT2D eigenvalue weighted by Crippen LogP contribution is 2.29. The zero-order valence-electron chi connectivity index (χ0n) is 17.0. The molecule has 2 aromatic heterocycles. The number of benzene rings is 1. The van der Waals surface area contributed by atoms with Crippen LogP contribution in [0.4, 0.5) is 0 Å². The Morgan fingerprint density at radius 2 is 1.97 bits per heavy atom. The summed E-state index contributed by atoms with van der Waals surface area (Å²) in [7, 11) is 1.55. The predicted molar refractivity (Wildman–Crippen MR) is 112 cm³/mol. The smallest absolute Gasteiger partial charge is 0.349 e. The maximum atomic E-state index is 12.5. The van der Waals surface area contributed by atoms with Gasteiger partial charge in [-0.1, -0.05) is 29.8 Å². The Labute approximate surface area is 173 Å². The highest BCUT2D eigenvalue weighted by atomic mass is 32.1. The van der Waals surface area contributed by atoms with Crippen LogP contribution < -0.4 is 5.32 Å². The molecule has 0 bridgehead atoms. The van der Waals surface area contributed by atoms with E-state index < -0.39 is 12.1 Å². The van der Waals surface area contributed by atoms with Crippen LogP contribution in [0.15, 0.2) is 30.3 Å². The maximum absolute atomic E-state index is 12.5. The number of amides is 1. The average molecular weight is 416 g/mol. The molecule has 0 aliphatic carbocycles. The van der Waals surface area contributed by atoms with Crippen LogP contribution in [0.2, 0.25) is 0 Å². The number of thiophene rings is 1. The Kier molecular flexibility index (Phi) is 6.66. The van der Waals surface area contributed by atoms with Crippen LogP contribution in [0.3, 0.4) is 0 Å². The molecular weight excluding hydrogens is 390 g/mol. The number of esters is 1. The van der Waals surface area contributed by atoms with Gasteiger partial charge >= 0.3 is 5.97 Å². The van der Waals surface area contributed by atoms with Crippen molar-refractivity contribution in [2.75, 3.05) is 20.3 Å². The van der Waals surface area contributed by atoms with Gasteiger partial charge < -0.3 is 14.8 Å². The van der Waals surface area contributed by atoms with E-state index in [0.717, 1.165) is 21.5 Å². The molecule has 1 N–H and O–H groups in total. The molecular formula is C21H25N3O4S. The second-order valence-corrected chi connectivity index (χ2v) is 7.92. The zero-order valence-corrected chi connectivity index (χ0v) is 17.8. The Morgan fingerprint density at radius 1 is 1.24 bits per heavy atom. The lowest BCUT2D eigenvalue weighted by Crippen LogP contribution is -2.37. The summed E-state index contributed by atoms with van der Waals surface area (Å²) in [5.74, 6) is -0.861. The van der Waals surface area contributed by atoms with E-state index in [1.165, 1.54) is 16.9 Å². The third kappa shape index (κ3) is 5.02. The molecule has 0 saturated carbocycles. The summed E-state index contributed by atoms with van der Waals surface area (Å²) in [6.07, 6.45) is -0.880. The fraction of sp³-hybridized carbons (Fsp3) is 0.381. The largest absolute Gasteiger partial charge is 0.448 e. The molecule has 154 valence electrons. The van der Waals surface area contributed by atoms with Gasteiger partial charge in [-0.3, -0.25) is 9.48 Å². The molecule has 2 heterocycles. The first-order valence-corrected chi connectivity index (χ1v) is 10.2. The van der Waals surface area contributed by atoms with Gasteiger partial charge in [0.15, 0.2) is 6.10 Å². The summed E-state index contributed by atoms with van der Waals surface area (Å²) >= 11 is 1.32. The molecule has 0 unspecified atom stereocenters. The van der Waals surface area contributed by atoms with E-state index in [0.29, 0.717) is 24.6 Å². The van der Waals surface area contributed by atoms with E-state index in [1.54, 1.807) is 20.1 Å². The van der Waals surface area contributed by atoms with Crippen molar-refractivity contribution in [2.24, 2.45) is 0 Å². The Balaban J connectivity index is 1.72. The second-order valence-electron chi connectivity index (χ2n) is 6.89. The molecule has 3 aromatic rings. The molecule has 7 nitrogen and oxygen atoms in total. The summed E-state index contributed by atoms with van der Waals surface area (Å²) in [6, 6.07) is 10.1. The van der Waals surface area contributed by atoms with Gasteiger partial charge in [-0.15, -0.1) is 11.3 Å². The number of fused-ring (bicyclic) bond motifs is 1. The number of rotatable bonds is 8. The van der Waals surface area contributed by atoms with Crippen molar-refractivity contribution in [3.63, 3.8) is 0 Å². The van der Waals surface area contributed by atoms with Gasteiger partial charge in [0.2, 0.25) is 0 Å². The number of nitrogens with one attached hydrogen (secondary N) is 1. The second kappa shape index (κ2) is 9.19. The van der Waals surface area contributed by atoms with Crippen LogP contribution in [0.5, 0.6) is 0 Å². The van der Waals surface area contributed by atoms with Gasteiger partial charge in [0.1, 0.15) is 9.71 Å². The number of carbonyl (C=O) groups is 2. The van der Waals surface area contributed by atoms with Crippen molar-refractivity contribution in [2.45, 2.75) is 33.4 Å². The maximum Gasteiger partial charge on any atom is 0.349 e. The van der Waals surface area contributed by atoms with Crippen LogP contribution in [0.1, 0.15) is 33.4 Å². The summed E-state index contributed by atoms with van der Waals surface area (Å²) in [5, 5.41) is 8.18. The van der Waals surface area contributed by atoms with Crippen LogP contribution in [-0.2, 0) is 20.8 Å². The first kappa shape index (κ1) is 21.0. The van der Waals surface area contributed by atoms with E-state index in [2.05, 4.69) is 41.6 Å². The number of nitrogens with zero attached hydrogens (tertiary/aromatic N) is 2. The van der Waals surface area contributed by atoms with Gasteiger partial charge in [0, 0.05) is 19.0 Å². The zero-order chi connectivity index (χ0) is 21.0. The molecule has 1 atom stereocenters. The lowest BCUT2D eigenvalue weighted by atomic mass is 10.1. The molecule has 0 aliphatic heterocycles. The Hall–Kier alpha value is -2.71. The number of methoxy groups -OCH3 is 1. The number of hydrogen-bond acceptors (Lipinski definition) is 6. The third-order valence-electron chi connectivity index (χ3n) is 4.52. The fourth-order valence-electron chi connectivity index (χ4n) is 2.88. The van der Waals surface area contributed by atoms with Crippen LogP contribution in [-0.4, -0.2) is 48.0 Å². The standard InChI is InChI=1S/C21H25N3O4S/c1-13-5-7-16(8-6-13)12-24-20-17(14(2)23-24)11-18(29-20)21(26)28-15(3)19(25)22-9-10-27-4/h5-8,11,15H,9-10,12H2,1-4H3,(H,22,25)/t15-/m0/s1. The van der Waals surface area contributed by atoms with E-state index in [-0.39, 0.29) is 5.91 Å². The van der Waals surface area contributed by atoms with Gasteiger partial charge in [-0.05, 0) is 32.4 Å². The van der Waals surface area contributed by atoms with Gasteiger partial charge in [0.25, 0.3) is 5.91 Å². The van der Waals surface area contributed by atoms with Crippen LogP contribution >= 0.6 is 11.3 Å². The summed E-state index contributed by atoms with van der Waals surface area (Å²) in [4.78, 5) is 25.9. The summed E-state index contributed by atoms with van der Waals surface area (Å²) < 4.78 is 12.1. The molecule has 8 heteroatoms. The van der Waals surface area contributed by atoms with Gasteiger partial charge in [0.05, 0.1) is 18.8 Å². The van der Waals surface area contributed by atoms with E-state index >= 15 is 0 Å². The topological polar surface area (TPSA) is 82.4 Å². The van der Waals surface area contributed by atoms with Crippen LogP contribution in [0.25, 0.3) is 10.2 Å². The van der Waals surface area contributed by atoms with Crippen molar-refractivity contribution in [1.82, 2.24) is 15.1 Å². The number of aryl methyl sites for hydroxylation is 2. The highest BCUT2D eigenvalue weighted by molar-refractivity contribution is 7.20. The van der Waals surface area contributed by atoms with Crippen molar-refractivity contribution in [3.05, 3.63) is 52.0 Å². The number of ether oxygens (including phenoxy) is 2. The molecule has 1 amide bonds. The minimum Gasteiger partial charge on any atom is -0.448 e. The lowest BCUT2D eigenvalue weighted by Gasteiger charge is -2.12. The van der Waals surface area contributed by atoms with Crippen molar-refractivity contribution in [1.29, 1.82) is 0 Å². The SMILES string of the molecule is COCCNC(=O)[C@H](C)OC(=O)c1cc2c(C)nn(Cc3ccc(C)cc3)c2s1. The Bertz CT molecular complexity index is 1010. The Morgan fingerprint density at radius 3 is 2.66 bits per heavy atom. The molecule has 29 heavy (non-hydrogen) atoms. The molecule has 0 spiro atoms. The third-order valence-corrected chi connectivity index (χ3v) is 5.65. The molecule has 0 saturated heterocycles. The molecule has 0 radical (unpaired) electrons. The number of aromatic nitrogens is 2. The molecule has 3 rings (SSSR count). The van der Waals surface area contributed by atoms with E-state index in [1.807, 2.05) is 11.6 Å².